The summed E-state index contributed by atoms with van der Waals surface area (Å²) in [6.45, 7) is 5.41. The molecule has 29 heavy (non-hydrogen) atoms. The largest absolute Gasteiger partial charge is 0.325 e. The molecule has 2 aromatic carbocycles. The van der Waals surface area contributed by atoms with Crippen LogP contribution in [0.15, 0.2) is 48.5 Å². The minimum Gasteiger partial charge on any atom is -0.319 e. The number of nitriles is 1. The number of para-hydroxylation sites is 1. The van der Waals surface area contributed by atoms with Crippen LogP contribution in [0.3, 0.4) is 0 Å². The summed E-state index contributed by atoms with van der Waals surface area (Å²) in [5.41, 5.74) is 1.41. The molecule has 0 aliphatic carbocycles. The fraction of sp³-hybridized carbons (Fsp3) is 0.273. The van der Waals surface area contributed by atoms with Gasteiger partial charge in [-0.3, -0.25) is 14.5 Å². The highest BCUT2D eigenvalue weighted by Crippen LogP contribution is 2.29. The Balaban J connectivity index is 1.83. The second kappa shape index (κ2) is 7.76. The summed E-state index contributed by atoms with van der Waals surface area (Å²) in [6, 6.07) is 15.3. The number of rotatable bonds is 5. The number of imide groups is 1. The molecule has 1 N–H and O–H groups in total. The standard InChI is InChI=1S/C22H22N4O3/c1-4-25(18-8-6-5-7-15(18)2)19(27)14-26-20(28)22(3,24-21(26)29)17-11-9-16(13-23)10-12-17/h5-12H,4,14H2,1-3H3,(H,24,29). The molecule has 1 heterocycles. The van der Waals surface area contributed by atoms with Crippen molar-refractivity contribution in [1.82, 2.24) is 10.2 Å². The summed E-state index contributed by atoms with van der Waals surface area (Å²) in [4.78, 5) is 41.0. The first-order chi connectivity index (χ1) is 13.8. The monoisotopic (exact) mass is 390 g/mol. The van der Waals surface area contributed by atoms with Crippen LogP contribution in [0.25, 0.3) is 0 Å². The van der Waals surface area contributed by atoms with E-state index in [1.165, 1.54) is 0 Å². The summed E-state index contributed by atoms with van der Waals surface area (Å²) < 4.78 is 0. The Morgan fingerprint density at radius 1 is 1.17 bits per heavy atom. The third-order valence-electron chi connectivity index (χ3n) is 5.18. The van der Waals surface area contributed by atoms with Crippen LogP contribution < -0.4 is 10.2 Å². The number of benzene rings is 2. The Morgan fingerprint density at radius 2 is 1.83 bits per heavy atom. The average Bonchev–Trinajstić information content (AvgIpc) is 2.94. The Hall–Kier alpha value is -3.66. The second-order valence-corrected chi connectivity index (χ2v) is 7.06. The van der Waals surface area contributed by atoms with Crippen LogP contribution in [-0.2, 0) is 15.1 Å². The zero-order chi connectivity index (χ0) is 21.2. The van der Waals surface area contributed by atoms with E-state index in [0.29, 0.717) is 17.7 Å². The fourth-order valence-corrected chi connectivity index (χ4v) is 3.48. The summed E-state index contributed by atoms with van der Waals surface area (Å²) in [5.74, 6) is -0.837. The smallest absolute Gasteiger partial charge is 0.319 e. The zero-order valence-electron chi connectivity index (χ0n) is 16.6. The number of amides is 4. The first-order valence-electron chi connectivity index (χ1n) is 9.32. The molecule has 1 saturated heterocycles. The van der Waals surface area contributed by atoms with Gasteiger partial charge in [0.05, 0.1) is 11.6 Å². The summed E-state index contributed by atoms with van der Waals surface area (Å²) in [7, 11) is 0. The van der Waals surface area contributed by atoms with E-state index in [9.17, 15) is 14.4 Å². The SMILES string of the molecule is CCN(C(=O)CN1C(=O)NC(C)(c2ccc(C#N)cc2)C1=O)c1ccccc1C. The van der Waals surface area contributed by atoms with Gasteiger partial charge in [-0.25, -0.2) is 4.79 Å². The Labute approximate surface area is 169 Å². The molecule has 2 aromatic rings. The van der Waals surface area contributed by atoms with Gasteiger partial charge in [0.15, 0.2) is 0 Å². The van der Waals surface area contributed by atoms with E-state index in [1.54, 1.807) is 36.1 Å². The van der Waals surface area contributed by atoms with E-state index in [1.807, 2.05) is 44.2 Å². The quantitative estimate of drug-likeness (QED) is 0.795. The topological polar surface area (TPSA) is 93.5 Å². The molecule has 1 unspecified atom stereocenters. The molecule has 0 saturated carbocycles. The zero-order valence-corrected chi connectivity index (χ0v) is 16.6. The van der Waals surface area contributed by atoms with E-state index in [-0.39, 0.29) is 12.5 Å². The highest BCUT2D eigenvalue weighted by atomic mass is 16.2. The third-order valence-corrected chi connectivity index (χ3v) is 5.18. The van der Waals surface area contributed by atoms with Gasteiger partial charge in [0.2, 0.25) is 5.91 Å². The van der Waals surface area contributed by atoms with E-state index in [4.69, 9.17) is 5.26 Å². The van der Waals surface area contributed by atoms with Crippen molar-refractivity contribution < 1.29 is 14.4 Å². The molecule has 3 rings (SSSR count). The number of hydrogen-bond donors (Lipinski definition) is 1. The Kier molecular flexibility index (Phi) is 5.37. The maximum absolute atomic E-state index is 13.0. The lowest BCUT2D eigenvalue weighted by atomic mass is 9.91. The van der Waals surface area contributed by atoms with E-state index in [0.717, 1.165) is 16.2 Å². The molecule has 0 bridgehead atoms. The minimum atomic E-state index is -1.29. The molecular weight excluding hydrogens is 368 g/mol. The van der Waals surface area contributed by atoms with Crippen LogP contribution in [0.4, 0.5) is 10.5 Å². The van der Waals surface area contributed by atoms with Crippen molar-refractivity contribution >= 4 is 23.5 Å². The van der Waals surface area contributed by atoms with Gasteiger partial charge in [-0.2, -0.15) is 5.26 Å². The van der Waals surface area contributed by atoms with Gasteiger partial charge in [-0.05, 0) is 50.1 Å². The number of anilines is 1. The van der Waals surface area contributed by atoms with Crippen LogP contribution >= 0.6 is 0 Å². The van der Waals surface area contributed by atoms with Crippen LogP contribution in [-0.4, -0.2) is 35.8 Å². The van der Waals surface area contributed by atoms with E-state index in [2.05, 4.69) is 5.32 Å². The number of carbonyl (C=O) groups is 3. The molecule has 7 nitrogen and oxygen atoms in total. The van der Waals surface area contributed by atoms with Crippen LogP contribution in [0.5, 0.6) is 0 Å². The first-order valence-corrected chi connectivity index (χ1v) is 9.32. The number of carbonyl (C=O) groups excluding carboxylic acids is 3. The third kappa shape index (κ3) is 3.57. The maximum atomic E-state index is 13.0. The van der Waals surface area contributed by atoms with Gasteiger partial charge in [0.1, 0.15) is 12.1 Å². The van der Waals surface area contributed by atoms with Gasteiger partial charge in [-0.15, -0.1) is 0 Å². The number of nitrogens with one attached hydrogen (secondary N) is 1. The van der Waals surface area contributed by atoms with Crippen LogP contribution in [0.1, 0.15) is 30.5 Å². The van der Waals surface area contributed by atoms with Crippen molar-refractivity contribution in [3.05, 3.63) is 65.2 Å². The van der Waals surface area contributed by atoms with Crippen LogP contribution in [0, 0.1) is 18.3 Å². The van der Waals surface area contributed by atoms with Crippen molar-refractivity contribution in [3.63, 3.8) is 0 Å². The van der Waals surface area contributed by atoms with E-state index >= 15 is 0 Å². The highest BCUT2D eigenvalue weighted by Gasteiger charge is 2.49. The highest BCUT2D eigenvalue weighted by molar-refractivity contribution is 6.10. The summed E-state index contributed by atoms with van der Waals surface area (Å²) in [5, 5.41) is 11.6. The van der Waals surface area contributed by atoms with Crippen molar-refractivity contribution in [2.24, 2.45) is 0 Å². The lowest BCUT2D eigenvalue weighted by Gasteiger charge is -2.25. The van der Waals surface area contributed by atoms with Gasteiger partial charge < -0.3 is 10.2 Å². The molecule has 1 fully saturated rings. The Bertz CT molecular complexity index is 1010. The molecule has 4 amide bonds. The van der Waals surface area contributed by atoms with Crippen molar-refractivity contribution in [2.45, 2.75) is 26.3 Å². The first kappa shape index (κ1) is 20.1. The van der Waals surface area contributed by atoms with Gasteiger partial charge >= 0.3 is 6.03 Å². The molecule has 148 valence electrons. The number of urea groups is 1. The van der Waals surface area contributed by atoms with Crippen molar-refractivity contribution in [2.75, 3.05) is 18.0 Å². The van der Waals surface area contributed by atoms with E-state index < -0.39 is 17.5 Å². The van der Waals surface area contributed by atoms with Gasteiger partial charge in [-0.1, -0.05) is 30.3 Å². The minimum absolute atomic E-state index is 0.339. The van der Waals surface area contributed by atoms with Gasteiger partial charge in [0.25, 0.3) is 5.91 Å². The van der Waals surface area contributed by atoms with Crippen molar-refractivity contribution in [1.29, 1.82) is 5.26 Å². The second-order valence-electron chi connectivity index (χ2n) is 7.06. The molecule has 0 spiro atoms. The number of hydrogen-bond acceptors (Lipinski definition) is 4. The molecule has 7 heteroatoms. The molecule has 1 aliphatic rings. The lowest BCUT2D eigenvalue weighted by Crippen LogP contribution is -2.44. The van der Waals surface area contributed by atoms with Crippen LogP contribution in [0.2, 0.25) is 0 Å². The average molecular weight is 390 g/mol. The lowest BCUT2D eigenvalue weighted by molar-refractivity contribution is -0.134. The summed E-state index contributed by atoms with van der Waals surface area (Å²) in [6.07, 6.45) is 0. The number of aryl methyl sites for hydroxylation is 1. The maximum Gasteiger partial charge on any atom is 0.325 e. The molecule has 1 atom stereocenters. The predicted molar refractivity (Wildman–Crippen MR) is 108 cm³/mol. The predicted octanol–water partition coefficient (Wildman–Crippen LogP) is 2.69. The molecule has 0 radical (unpaired) electrons. The summed E-state index contributed by atoms with van der Waals surface area (Å²) >= 11 is 0. The number of likely N-dealkylation sites (N-methyl/N-ethyl adjacent to an activating group) is 1. The van der Waals surface area contributed by atoms with Gasteiger partial charge in [0, 0.05) is 12.2 Å². The fourth-order valence-electron chi connectivity index (χ4n) is 3.48. The van der Waals surface area contributed by atoms with Crippen molar-refractivity contribution in [3.8, 4) is 6.07 Å². The molecule has 1 aliphatic heterocycles. The molecule has 0 aromatic heterocycles. The normalized spacial score (nSPS) is 18.3. The Morgan fingerprint density at radius 3 is 2.41 bits per heavy atom. The number of nitrogens with zero attached hydrogens (tertiary/aromatic N) is 3. The molecular formula is C22H22N4O3.